The molecule has 0 radical (unpaired) electrons. The van der Waals surface area contributed by atoms with Gasteiger partial charge in [0.25, 0.3) is 5.91 Å². The maximum absolute atomic E-state index is 13.7. The summed E-state index contributed by atoms with van der Waals surface area (Å²) in [6.07, 6.45) is 0. The van der Waals surface area contributed by atoms with Crippen molar-refractivity contribution in [3.05, 3.63) is 106 Å². The molecule has 6 nitrogen and oxygen atoms in total. The molecular weight excluding hydrogens is 542 g/mol. The maximum atomic E-state index is 13.7. The van der Waals surface area contributed by atoms with Gasteiger partial charge in [-0.05, 0) is 65.4 Å². The van der Waals surface area contributed by atoms with Gasteiger partial charge in [-0.3, -0.25) is 19.4 Å². The van der Waals surface area contributed by atoms with Gasteiger partial charge in [-0.2, -0.15) is 5.10 Å². The smallest absolute Gasteiger partial charge is 0.259 e. The highest BCUT2D eigenvalue weighted by Gasteiger charge is 2.58. The third-order valence-electron chi connectivity index (χ3n) is 6.47. The van der Waals surface area contributed by atoms with Gasteiger partial charge < -0.3 is 0 Å². The number of benzene rings is 4. The molecule has 8 heteroatoms. The van der Waals surface area contributed by atoms with E-state index in [0.29, 0.717) is 22.0 Å². The molecule has 2 atom stereocenters. The molecule has 1 fully saturated rings. The number of halogens is 2. The number of rotatable bonds is 4. The van der Waals surface area contributed by atoms with Crippen molar-refractivity contribution in [1.29, 1.82) is 0 Å². The van der Waals surface area contributed by atoms with E-state index in [1.54, 1.807) is 60.7 Å². The molecule has 176 valence electrons. The molecule has 2 aliphatic heterocycles. The summed E-state index contributed by atoms with van der Waals surface area (Å²) in [5.41, 5.74) is 1.46. The van der Waals surface area contributed by atoms with Crippen molar-refractivity contribution >= 4 is 73.0 Å². The van der Waals surface area contributed by atoms with Gasteiger partial charge in [0, 0.05) is 15.1 Å². The number of Topliss-reactive ketones (excluding diaryl/α,β-unsaturated/α-hetero) is 1. The Balaban J connectivity index is 1.45. The number of hydrazone groups is 1. The van der Waals surface area contributed by atoms with Crippen LogP contribution in [0.2, 0.25) is 5.02 Å². The van der Waals surface area contributed by atoms with E-state index in [4.69, 9.17) is 11.6 Å². The topological polar surface area (TPSA) is 70.1 Å². The number of ketones is 1. The minimum atomic E-state index is -1.03. The molecular formula is C28H17BrClN3O3. The average molecular weight is 559 g/mol. The van der Waals surface area contributed by atoms with E-state index < -0.39 is 23.8 Å². The molecule has 4 aromatic rings. The predicted octanol–water partition coefficient (Wildman–Crippen LogP) is 5.87. The Labute approximate surface area is 219 Å². The Morgan fingerprint density at radius 3 is 2.19 bits per heavy atom. The number of anilines is 2. The van der Waals surface area contributed by atoms with Gasteiger partial charge in [-0.1, -0.05) is 63.9 Å². The molecule has 0 N–H and O–H groups in total. The number of nitrogens with zero attached hydrogens (tertiary/aromatic N) is 3. The largest absolute Gasteiger partial charge is 0.287 e. The van der Waals surface area contributed by atoms with Crippen LogP contribution >= 0.6 is 27.5 Å². The summed E-state index contributed by atoms with van der Waals surface area (Å²) in [6, 6.07) is 25.8. The zero-order chi connectivity index (χ0) is 25.0. The van der Waals surface area contributed by atoms with Crippen molar-refractivity contribution in [1.82, 2.24) is 0 Å². The first-order chi connectivity index (χ1) is 17.4. The van der Waals surface area contributed by atoms with Crippen molar-refractivity contribution in [2.24, 2.45) is 11.0 Å². The SMILES string of the molecule is O=C(C1=NN(c2ccc(Cl)cc2)[C@H]2C(=O)N(c3ccc(Br)cc3)C(=O)[C@H]12)c1ccc2ccccc2c1. The van der Waals surface area contributed by atoms with Gasteiger partial charge in [0.15, 0.2) is 0 Å². The van der Waals surface area contributed by atoms with E-state index in [1.165, 1.54) is 5.01 Å². The van der Waals surface area contributed by atoms with Gasteiger partial charge >= 0.3 is 0 Å². The Morgan fingerprint density at radius 2 is 1.47 bits per heavy atom. The molecule has 1 saturated heterocycles. The van der Waals surface area contributed by atoms with Crippen molar-refractivity contribution in [2.45, 2.75) is 6.04 Å². The highest BCUT2D eigenvalue weighted by molar-refractivity contribution is 9.10. The third kappa shape index (κ3) is 3.63. The summed E-state index contributed by atoms with van der Waals surface area (Å²) < 4.78 is 0.821. The summed E-state index contributed by atoms with van der Waals surface area (Å²) in [5.74, 6) is -2.33. The quantitative estimate of drug-likeness (QED) is 0.232. The first-order valence-corrected chi connectivity index (χ1v) is 12.4. The highest BCUT2D eigenvalue weighted by Crippen LogP contribution is 2.39. The number of fused-ring (bicyclic) bond motifs is 2. The fourth-order valence-electron chi connectivity index (χ4n) is 4.73. The van der Waals surface area contributed by atoms with E-state index in [2.05, 4.69) is 21.0 Å². The number of imide groups is 1. The van der Waals surface area contributed by atoms with Gasteiger partial charge in [-0.25, -0.2) is 4.90 Å². The van der Waals surface area contributed by atoms with Crippen LogP contribution in [0.5, 0.6) is 0 Å². The van der Waals surface area contributed by atoms with Crippen LogP contribution in [-0.4, -0.2) is 29.4 Å². The van der Waals surface area contributed by atoms with E-state index in [-0.39, 0.29) is 11.5 Å². The lowest BCUT2D eigenvalue weighted by atomic mass is 9.91. The van der Waals surface area contributed by atoms with Gasteiger partial charge in [0.2, 0.25) is 11.7 Å². The van der Waals surface area contributed by atoms with Crippen molar-refractivity contribution in [3.8, 4) is 0 Å². The van der Waals surface area contributed by atoms with E-state index >= 15 is 0 Å². The fraction of sp³-hybridized carbons (Fsp3) is 0.0714. The van der Waals surface area contributed by atoms with Crippen LogP contribution in [0, 0.1) is 5.92 Å². The van der Waals surface area contributed by atoms with Crippen molar-refractivity contribution in [2.75, 3.05) is 9.91 Å². The minimum Gasteiger partial charge on any atom is -0.287 e. The maximum Gasteiger partial charge on any atom is 0.259 e. The molecule has 6 rings (SSSR count). The molecule has 0 bridgehead atoms. The second kappa shape index (κ2) is 8.69. The first-order valence-electron chi connectivity index (χ1n) is 11.2. The first kappa shape index (κ1) is 22.6. The molecule has 4 aromatic carbocycles. The second-order valence-corrected chi connectivity index (χ2v) is 9.96. The van der Waals surface area contributed by atoms with Crippen LogP contribution in [0.3, 0.4) is 0 Å². The minimum absolute atomic E-state index is 0.0446. The second-order valence-electron chi connectivity index (χ2n) is 8.61. The molecule has 0 unspecified atom stereocenters. The standard InChI is InChI=1S/C28H17BrClN3O3/c29-19-7-11-21(12-8-19)32-27(35)23-24(26(34)18-6-5-16-3-1-2-4-17(16)15-18)31-33(25(23)28(32)36)22-13-9-20(30)10-14-22/h1-15,23,25H/t23-,25-/m1/s1. The molecule has 0 aromatic heterocycles. The van der Waals surface area contributed by atoms with Crippen LogP contribution in [0.15, 0.2) is 101 Å². The Morgan fingerprint density at radius 1 is 0.806 bits per heavy atom. The van der Waals surface area contributed by atoms with Crippen molar-refractivity contribution in [3.63, 3.8) is 0 Å². The fourth-order valence-corrected chi connectivity index (χ4v) is 5.12. The van der Waals surface area contributed by atoms with E-state index in [0.717, 1.165) is 20.1 Å². The monoisotopic (exact) mass is 557 g/mol. The molecule has 2 aliphatic rings. The van der Waals surface area contributed by atoms with Crippen LogP contribution in [0.25, 0.3) is 10.8 Å². The Kier molecular flexibility index (Phi) is 5.47. The number of carbonyl (C=O) groups excluding carboxylic acids is 3. The van der Waals surface area contributed by atoms with Crippen LogP contribution in [0.4, 0.5) is 11.4 Å². The van der Waals surface area contributed by atoms with Crippen LogP contribution in [-0.2, 0) is 9.59 Å². The van der Waals surface area contributed by atoms with Gasteiger partial charge in [-0.15, -0.1) is 0 Å². The zero-order valence-electron chi connectivity index (χ0n) is 18.6. The summed E-state index contributed by atoms with van der Waals surface area (Å²) in [6.45, 7) is 0. The summed E-state index contributed by atoms with van der Waals surface area (Å²) in [7, 11) is 0. The lowest BCUT2D eigenvalue weighted by Gasteiger charge is -2.22. The number of amides is 2. The lowest BCUT2D eigenvalue weighted by molar-refractivity contribution is -0.121. The van der Waals surface area contributed by atoms with Crippen LogP contribution < -0.4 is 9.91 Å². The lowest BCUT2D eigenvalue weighted by Crippen LogP contribution is -2.39. The summed E-state index contributed by atoms with van der Waals surface area (Å²) >= 11 is 9.44. The zero-order valence-corrected chi connectivity index (χ0v) is 21.0. The summed E-state index contributed by atoms with van der Waals surface area (Å²) in [5, 5.41) is 8.44. The van der Waals surface area contributed by atoms with Crippen molar-refractivity contribution < 1.29 is 14.4 Å². The molecule has 0 spiro atoms. The molecule has 2 heterocycles. The molecule has 2 amide bonds. The predicted molar refractivity (Wildman–Crippen MR) is 144 cm³/mol. The van der Waals surface area contributed by atoms with E-state index in [1.807, 2.05) is 30.3 Å². The van der Waals surface area contributed by atoms with E-state index in [9.17, 15) is 14.4 Å². The van der Waals surface area contributed by atoms with Crippen LogP contribution in [0.1, 0.15) is 10.4 Å². The molecule has 36 heavy (non-hydrogen) atoms. The Bertz CT molecular complexity index is 1580. The number of hydrogen-bond acceptors (Lipinski definition) is 5. The number of hydrogen-bond donors (Lipinski definition) is 0. The highest BCUT2D eigenvalue weighted by atomic mass is 79.9. The normalized spacial score (nSPS) is 19.1. The third-order valence-corrected chi connectivity index (χ3v) is 7.25. The summed E-state index contributed by atoms with van der Waals surface area (Å²) in [4.78, 5) is 42.2. The Hall–Kier alpha value is -3.81. The molecule has 0 aliphatic carbocycles. The molecule has 0 saturated carbocycles. The number of carbonyl (C=O) groups is 3. The van der Waals surface area contributed by atoms with Gasteiger partial charge in [0.1, 0.15) is 17.7 Å². The van der Waals surface area contributed by atoms with Gasteiger partial charge in [0.05, 0.1) is 11.4 Å². The average Bonchev–Trinajstić information content (AvgIpc) is 3.41.